The summed E-state index contributed by atoms with van der Waals surface area (Å²) in [5.74, 6) is -0.646. The van der Waals surface area contributed by atoms with Crippen molar-refractivity contribution in [3.05, 3.63) is 69.3 Å². The molecule has 1 aliphatic rings. The van der Waals surface area contributed by atoms with E-state index < -0.39 is 10.8 Å². The number of carbonyl (C=O) groups is 2. The third-order valence-electron chi connectivity index (χ3n) is 3.96. The van der Waals surface area contributed by atoms with Gasteiger partial charge >= 0.3 is 0 Å². The van der Waals surface area contributed by atoms with Crippen LogP contribution in [0.15, 0.2) is 42.5 Å². The van der Waals surface area contributed by atoms with E-state index in [-0.39, 0.29) is 23.2 Å². The van der Waals surface area contributed by atoms with Crippen molar-refractivity contribution >= 4 is 23.2 Å². The van der Waals surface area contributed by atoms with Crippen molar-refractivity contribution in [2.24, 2.45) is 0 Å². The first kappa shape index (κ1) is 16.6. The molecule has 25 heavy (non-hydrogen) atoms. The minimum Gasteiger partial charge on any atom is -0.349 e. The molecular weight excluding hydrogens is 322 g/mol. The third kappa shape index (κ3) is 4.00. The molecule has 1 saturated carbocycles. The predicted molar refractivity (Wildman–Crippen MR) is 92.7 cm³/mol. The molecule has 0 saturated heterocycles. The van der Waals surface area contributed by atoms with Crippen LogP contribution in [0.5, 0.6) is 0 Å². The van der Waals surface area contributed by atoms with Crippen molar-refractivity contribution in [1.82, 2.24) is 5.32 Å². The van der Waals surface area contributed by atoms with Crippen LogP contribution in [0.4, 0.5) is 11.4 Å². The number of hydrogen-bond donors (Lipinski definition) is 2. The number of nitro groups is 1. The molecule has 1 aliphatic carbocycles. The Bertz CT molecular complexity index is 859. The molecule has 128 valence electrons. The summed E-state index contributed by atoms with van der Waals surface area (Å²) in [4.78, 5) is 34.9. The molecule has 2 aromatic rings. The highest BCUT2D eigenvalue weighted by molar-refractivity contribution is 6.05. The molecule has 1 fully saturated rings. The van der Waals surface area contributed by atoms with E-state index in [1.165, 1.54) is 18.2 Å². The van der Waals surface area contributed by atoms with E-state index in [4.69, 9.17) is 0 Å². The quantitative estimate of drug-likeness (QED) is 0.645. The van der Waals surface area contributed by atoms with Crippen molar-refractivity contribution in [2.45, 2.75) is 25.8 Å². The first-order valence-corrected chi connectivity index (χ1v) is 7.91. The topological polar surface area (TPSA) is 101 Å². The minimum absolute atomic E-state index is 0.106. The number of anilines is 1. The van der Waals surface area contributed by atoms with E-state index in [0.29, 0.717) is 16.8 Å². The van der Waals surface area contributed by atoms with Crippen molar-refractivity contribution in [3.8, 4) is 0 Å². The lowest BCUT2D eigenvalue weighted by atomic mass is 10.1. The molecule has 2 amide bonds. The van der Waals surface area contributed by atoms with Gasteiger partial charge in [-0.1, -0.05) is 12.1 Å². The Labute approximate surface area is 144 Å². The summed E-state index contributed by atoms with van der Waals surface area (Å²) in [7, 11) is 0. The van der Waals surface area contributed by atoms with Crippen LogP contribution in [0, 0.1) is 17.0 Å². The molecule has 2 aromatic carbocycles. The molecule has 0 heterocycles. The normalized spacial score (nSPS) is 13.2. The summed E-state index contributed by atoms with van der Waals surface area (Å²) < 4.78 is 0. The standard InChI is InChI=1S/C18H17N3O4/c1-11-5-6-13(10-16(11)21(24)25)18(23)20-15-4-2-3-12(9-15)17(22)19-14-7-8-14/h2-6,9-10,14H,7-8H2,1H3,(H,19,22)(H,20,23). The van der Waals surface area contributed by atoms with Crippen LogP contribution in [-0.2, 0) is 0 Å². The number of rotatable bonds is 5. The van der Waals surface area contributed by atoms with Gasteiger partial charge in [0.05, 0.1) is 4.92 Å². The fourth-order valence-corrected chi connectivity index (χ4v) is 2.39. The van der Waals surface area contributed by atoms with Gasteiger partial charge < -0.3 is 10.6 Å². The number of nitrogens with one attached hydrogen (secondary N) is 2. The molecule has 7 nitrogen and oxygen atoms in total. The van der Waals surface area contributed by atoms with Gasteiger partial charge in [-0.05, 0) is 44.0 Å². The van der Waals surface area contributed by atoms with Crippen molar-refractivity contribution < 1.29 is 14.5 Å². The zero-order valence-electron chi connectivity index (χ0n) is 13.6. The Balaban J connectivity index is 1.75. The first-order valence-electron chi connectivity index (χ1n) is 7.91. The van der Waals surface area contributed by atoms with Gasteiger partial charge in [0.1, 0.15) is 0 Å². The maximum Gasteiger partial charge on any atom is 0.273 e. The Kier molecular flexibility index (Phi) is 4.47. The van der Waals surface area contributed by atoms with Crippen LogP contribution in [-0.4, -0.2) is 22.8 Å². The molecule has 3 rings (SSSR count). The number of benzene rings is 2. The molecule has 0 aliphatic heterocycles. The number of nitro benzene ring substituents is 1. The molecule has 0 radical (unpaired) electrons. The molecule has 0 spiro atoms. The number of amides is 2. The number of nitrogens with zero attached hydrogens (tertiary/aromatic N) is 1. The summed E-state index contributed by atoms with van der Waals surface area (Å²) in [6.45, 7) is 1.61. The van der Waals surface area contributed by atoms with Crippen LogP contribution >= 0.6 is 0 Å². The van der Waals surface area contributed by atoms with Gasteiger partial charge in [-0.2, -0.15) is 0 Å². The van der Waals surface area contributed by atoms with Gasteiger partial charge in [-0.25, -0.2) is 0 Å². The van der Waals surface area contributed by atoms with E-state index in [2.05, 4.69) is 10.6 Å². The average Bonchev–Trinajstić information content (AvgIpc) is 3.39. The summed E-state index contributed by atoms with van der Waals surface area (Å²) in [5.41, 5.74) is 1.48. The second kappa shape index (κ2) is 6.72. The maximum absolute atomic E-state index is 12.3. The number of hydrogen-bond acceptors (Lipinski definition) is 4. The lowest BCUT2D eigenvalue weighted by Crippen LogP contribution is -2.25. The van der Waals surface area contributed by atoms with Gasteiger partial charge in [0, 0.05) is 34.5 Å². The fourth-order valence-electron chi connectivity index (χ4n) is 2.39. The first-order chi connectivity index (χ1) is 11.9. The van der Waals surface area contributed by atoms with Crippen molar-refractivity contribution in [3.63, 3.8) is 0 Å². The molecule has 2 N–H and O–H groups in total. The van der Waals surface area contributed by atoms with Crippen LogP contribution in [0.2, 0.25) is 0 Å². The van der Waals surface area contributed by atoms with Crippen molar-refractivity contribution in [1.29, 1.82) is 0 Å². The lowest BCUT2D eigenvalue weighted by Gasteiger charge is -2.08. The average molecular weight is 339 g/mol. The molecule has 0 atom stereocenters. The van der Waals surface area contributed by atoms with E-state index >= 15 is 0 Å². The maximum atomic E-state index is 12.3. The smallest absolute Gasteiger partial charge is 0.273 e. The summed E-state index contributed by atoms with van der Waals surface area (Å²) in [6.07, 6.45) is 1.99. The predicted octanol–water partition coefficient (Wildman–Crippen LogP) is 3.05. The van der Waals surface area contributed by atoms with E-state index in [0.717, 1.165) is 12.8 Å². The Morgan fingerprint density at radius 3 is 2.48 bits per heavy atom. The summed E-state index contributed by atoms with van der Waals surface area (Å²) >= 11 is 0. The van der Waals surface area contributed by atoms with Crippen LogP contribution in [0.25, 0.3) is 0 Å². The minimum atomic E-state index is -0.519. The third-order valence-corrected chi connectivity index (χ3v) is 3.96. The SMILES string of the molecule is Cc1ccc(C(=O)Nc2cccc(C(=O)NC3CC3)c2)cc1[N+](=O)[O-]. The zero-order chi connectivity index (χ0) is 18.0. The second-order valence-corrected chi connectivity index (χ2v) is 6.04. The summed E-state index contributed by atoms with van der Waals surface area (Å²) in [5, 5.41) is 16.5. The highest BCUT2D eigenvalue weighted by atomic mass is 16.6. The molecule has 0 aromatic heterocycles. The van der Waals surface area contributed by atoms with Crippen LogP contribution in [0.1, 0.15) is 39.1 Å². The molecule has 0 unspecified atom stereocenters. The lowest BCUT2D eigenvalue weighted by molar-refractivity contribution is -0.385. The van der Waals surface area contributed by atoms with Gasteiger partial charge in [-0.15, -0.1) is 0 Å². The highest BCUT2D eigenvalue weighted by Gasteiger charge is 2.24. The van der Waals surface area contributed by atoms with Gasteiger partial charge in [0.2, 0.25) is 0 Å². The summed E-state index contributed by atoms with van der Waals surface area (Å²) in [6, 6.07) is 11.1. The Morgan fingerprint density at radius 2 is 1.80 bits per heavy atom. The molecular formula is C18H17N3O4. The molecule has 0 bridgehead atoms. The van der Waals surface area contributed by atoms with Crippen LogP contribution < -0.4 is 10.6 Å². The second-order valence-electron chi connectivity index (χ2n) is 6.04. The fraction of sp³-hybridized carbons (Fsp3) is 0.222. The van der Waals surface area contributed by atoms with Gasteiger partial charge in [0.15, 0.2) is 0 Å². The van der Waals surface area contributed by atoms with Gasteiger partial charge in [-0.3, -0.25) is 19.7 Å². The van der Waals surface area contributed by atoms with Crippen LogP contribution in [0.3, 0.4) is 0 Å². The van der Waals surface area contributed by atoms with Crippen molar-refractivity contribution in [2.75, 3.05) is 5.32 Å². The van der Waals surface area contributed by atoms with E-state index in [1.54, 1.807) is 31.2 Å². The number of aryl methyl sites for hydroxylation is 1. The number of carbonyl (C=O) groups excluding carboxylic acids is 2. The Hall–Kier alpha value is -3.22. The van der Waals surface area contributed by atoms with E-state index in [9.17, 15) is 19.7 Å². The monoisotopic (exact) mass is 339 g/mol. The van der Waals surface area contributed by atoms with E-state index in [1.807, 2.05) is 0 Å². The van der Waals surface area contributed by atoms with Gasteiger partial charge in [0.25, 0.3) is 17.5 Å². The largest absolute Gasteiger partial charge is 0.349 e. The Morgan fingerprint density at radius 1 is 1.08 bits per heavy atom. The molecule has 7 heteroatoms. The highest BCUT2D eigenvalue weighted by Crippen LogP contribution is 2.21. The zero-order valence-corrected chi connectivity index (χ0v) is 13.6.